The van der Waals surface area contributed by atoms with Crippen molar-refractivity contribution in [2.75, 3.05) is 38.2 Å². The highest BCUT2D eigenvalue weighted by Crippen LogP contribution is 2.41. The zero-order valence-corrected chi connectivity index (χ0v) is 13.0. The van der Waals surface area contributed by atoms with Crippen LogP contribution in [0.25, 0.3) is 0 Å². The van der Waals surface area contributed by atoms with Crippen LogP contribution < -0.4 is 10.6 Å². The molecule has 1 atom stereocenters. The van der Waals surface area contributed by atoms with Crippen molar-refractivity contribution >= 4 is 22.5 Å². The number of urea groups is 1. The molecule has 7 nitrogen and oxygen atoms in total. The summed E-state index contributed by atoms with van der Waals surface area (Å²) in [5.41, 5.74) is 0. The molecular weight excluding hydrogens is 290 g/mol. The molecule has 0 aromatic carbocycles. The first kappa shape index (κ1) is 14.7. The van der Waals surface area contributed by atoms with Gasteiger partial charge in [0, 0.05) is 31.6 Å². The third-order valence-electron chi connectivity index (χ3n) is 3.81. The van der Waals surface area contributed by atoms with Crippen LogP contribution in [0, 0.1) is 0 Å². The molecule has 2 amide bonds. The van der Waals surface area contributed by atoms with E-state index in [1.54, 1.807) is 0 Å². The maximum atomic E-state index is 11.9. The van der Waals surface area contributed by atoms with Gasteiger partial charge in [0.15, 0.2) is 0 Å². The predicted octanol–water partition coefficient (Wildman–Crippen LogP) is 1.26. The monoisotopic (exact) mass is 311 g/mol. The molecule has 0 spiro atoms. The van der Waals surface area contributed by atoms with Gasteiger partial charge < -0.3 is 10.1 Å². The molecule has 1 aromatic heterocycles. The van der Waals surface area contributed by atoms with E-state index in [2.05, 4.69) is 32.7 Å². The van der Waals surface area contributed by atoms with Crippen molar-refractivity contribution in [2.24, 2.45) is 0 Å². The fourth-order valence-corrected chi connectivity index (χ4v) is 3.22. The van der Waals surface area contributed by atoms with Crippen molar-refractivity contribution in [1.82, 2.24) is 20.4 Å². The third kappa shape index (κ3) is 4.12. The Morgan fingerprint density at radius 1 is 1.43 bits per heavy atom. The van der Waals surface area contributed by atoms with Crippen molar-refractivity contribution in [2.45, 2.75) is 31.7 Å². The smallest absolute Gasteiger partial charge is 0.321 e. The fourth-order valence-electron chi connectivity index (χ4n) is 2.31. The van der Waals surface area contributed by atoms with Crippen molar-refractivity contribution in [3.05, 3.63) is 5.01 Å². The highest BCUT2D eigenvalue weighted by atomic mass is 32.1. The van der Waals surface area contributed by atoms with Gasteiger partial charge >= 0.3 is 6.03 Å². The lowest BCUT2D eigenvalue weighted by molar-refractivity contribution is 0.0209. The second kappa shape index (κ2) is 6.67. The van der Waals surface area contributed by atoms with Gasteiger partial charge in [-0.25, -0.2) is 4.79 Å². The Kier molecular flexibility index (Phi) is 4.67. The molecule has 0 unspecified atom stereocenters. The number of anilines is 1. The van der Waals surface area contributed by atoms with Crippen LogP contribution in [0.4, 0.5) is 9.93 Å². The largest absolute Gasteiger partial charge is 0.379 e. The lowest BCUT2D eigenvalue weighted by Gasteiger charge is -2.32. The van der Waals surface area contributed by atoms with Crippen LogP contribution in [-0.4, -0.2) is 60.0 Å². The van der Waals surface area contributed by atoms with Gasteiger partial charge in [-0.2, -0.15) is 0 Å². The molecule has 2 N–H and O–H groups in total. The van der Waals surface area contributed by atoms with Crippen LogP contribution in [0.1, 0.15) is 30.7 Å². The Morgan fingerprint density at radius 2 is 2.19 bits per heavy atom. The molecule has 0 radical (unpaired) electrons. The summed E-state index contributed by atoms with van der Waals surface area (Å²) in [6.45, 7) is 6.11. The van der Waals surface area contributed by atoms with Crippen molar-refractivity contribution < 1.29 is 9.53 Å². The van der Waals surface area contributed by atoms with Gasteiger partial charge in [0.25, 0.3) is 0 Å². The van der Waals surface area contributed by atoms with E-state index in [0.29, 0.717) is 23.6 Å². The summed E-state index contributed by atoms with van der Waals surface area (Å²) in [5.74, 6) is 0.572. The number of carbonyl (C=O) groups excluding carboxylic acids is 1. The van der Waals surface area contributed by atoms with E-state index >= 15 is 0 Å². The van der Waals surface area contributed by atoms with Gasteiger partial charge in [-0.3, -0.25) is 10.2 Å². The van der Waals surface area contributed by atoms with E-state index in [0.717, 1.165) is 31.3 Å². The molecule has 2 heterocycles. The van der Waals surface area contributed by atoms with Crippen LogP contribution in [0.5, 0.6) is 0 Å². The number of carbonyl (C=O) groups is 1. The molecule has 1 aliphatic carbocycles. The van der Waals surface area contributed by atoms with Crippen molar-refractivity contribution in [3.63, 3.8) is 0 Å². The number of aromatic nitrogens is 2. The number of morpholine rings is 1. The summed E-state index contributed by atoms with van der Waals surface area (Å²) < 4.78 is 5.33. The molecule has 0 bridgehead atoms. The number of hydrogen-bond donors (Lipinski definition) is 2. The van der Waals surface area contributed by atoms with E-state index in [1.807, 2.05) is 0 Å². The van der Waals surface area contributed by atoms with Gasteiger partial charge in [-0.15, -0.1) is 10.2 Å². The van der Waals surface area contributed by atoms with Crippen LogP contribution in [0.2, 0.25) is 0 Å². The average molecular weight is 311 g/mol. The SMILES string of the molecule is C[C@@H](CNC(=O)Nc1nnc(C2CC2)s1)N1CCOCC1. The zero-order chi connectivity index (χ0) is 14.7. The minimum atomic E-state index is -0.214. The third-order valence-corrected chi connectivity index (χ3v) is 4.82. The standard InChI is InChI=1S/C13H21N5O2S/c1-9(18-4-6-20-7-5-18)8-14-12(19)15-13-17-16-11(21-13)10-2-3-10/h9-10H,2-8H2,1H3,(H2,14,15,17,19)/t9-/m0/s1. The number of nitrogens with one attached hydrogen (secondary N) is 2. The molecule has 116 valence electrons. The molecule has 1 aliphatic heterocycles. The summed E-state index contributed by atoms with van der Waals surface area (Å²) >= 11 is 1.47. The molecule has 21 heavy (non-hydrogen) atoms. The van der Waals surface area contributed by atoms with Gasteiger partial charge in [-0.05, 0) is 19.8 Å². The second-order valence-corrected chi connectivity index (χ2v) is 6.56. The summed E-state index contributed by atoms with van der Waals surface area (Å²) in [4.78, 5) is 14.2. The van der Waals surface area contributed by atoms with Crippen molar-refractivity contribution in [3.8, 4) is 0 Å². The van der Waals surface area contributed by atoms with Gasteiger partial charge in [0.2, 0.25) is 5.13 Å². The Labute approximate surface area is 128 Å². The summed E-state index contributed by atoms with van der Waals surface area (Å²) in [7, 11) is 0. The lowest BCUT2D eigenvalue weighted by Crippen LogP contribution is -2.47. The number of rotatable bonds is 5. The molecule has 8 heteroatoms. The van der Waals surface area contributed by atoms with Gasteiger partial charge in [0.1, 0.15) is 5.01 Å². The topological polar surface area (TPSA) is 79.4 Å². The first-order chi connectivity index (χ1) is 10.2. The average Bonchev–Trinajstić information content (AvgIpc) is 3.26. The number of amides is 2. The second-order valence-electron chi connectivity index (χ2n) is 5.55. The molecular formula is C13H21N5O2S. The van der Waals surface area contributed by atoms with E-state index in [-0.39, 0.29) is 6.03 Å². The van der Waals surface area contributed by atoms with E-state index in [9.17, 15) is 4.79 Å². The van der Waals surface area contributed by atoms with E-state index in [1.165, 1.54) is 24.2 Å². The maximum absolute atomic E-state index is 11.9. The Bertz CT molecular complexity index is 485. The van der Waals surface area contributed by atoms with Crippen LogP contribution in [0.15, 0.2) is 0 Å². The number of hydrogen-bond acceptors (Lipinski definition) is 6. The lowest BCUT2D eigenvalue weighted by atomic mass is 10.2. The quantitative estimate of drug-likeness (QED) is 0.856. The predicted molar refractivity (Wildman–Crippen MR) is 80.8 cm³/mol. The van der Waals surface area contributed by atoms with Crippen LogP contribution in [0.3, 0.4) is 0 Å². The normalized spacial score (nSPS) is 21.0. The fraction of sp³-hybridized carbons (Fsp3) is 0.769. The minimum Gasteiger partial charge on any atom is -0.379 e. The number of nitrogens with zero attached hydrogens (tertiary/aromatic N) is 3. The Hall–Kier alpha value is -1.25. The molecule has 1 aromatic rings. The molecule has 1 saturated heterocycles. The van der Waals surface area contributed by atoms with E-state index < -0.39 is 0 Å². The first-order valence-corrected chi connectivity index (χ1v) is 8.24. The Morgan fingerprint density at radius 3 is 2.90 bits per heavy atom. The molecule has 3 rings (SSSR count). The van der Waals surface area contributed by atoms with Crippen LogP contribution >= 0.6 is 11.3 Å². The highest BCUT2D eigenvalue weighted by Gasteiger charge is 2.27. The maximum Gasteiger partial charge on any atom is 0.321 e. The first-order valence-electron chi connectivity index (χ1n) is 7.42. The molecule has 1 saturated carbocycles. The zero-order valence-electron chi connectivity index (χ0n) is 12.2. The summed E-state index contributed by atoms with van der Waals surface area (Å²) in [6, 6.07) is 0.0877. The van der Waals surface area contributed by atoms with Gasteiger partial charge in [-0.1, -0.05) is 11.3 Å². The number of ether oxygens (including phenoxy) is 1. The summed E-state index contributed by atoms with van der Waals surface area (Å²) in [6.07, 6.45) is 2.38. The minimum absolute atomic E-state index is 0.214. The summed E-state index contributed by atoms with van der Waals surface area (Å²) in [5, 5.41) is 15.4. The van der Waals surface area contributed by atoms with Crippen molar-refractivity contribution in [1.29, 1.82) is 0 Å². The molecule has 2 aliphatic rings. The van der Waals surface area contributed by atoms with Crippen LogP contribution in [-0.2, 0) is 4.74 Å². The Balaban J connectivity index is 1.40. The van der Waals surface area contributed by atoms with Gasteiger partial charge in [0.05, 0.1) is 13.2 Å². The van der Waals surface area contributed by atoms with E-state index in [4.69, 9.17) is 4.74 Å². The highest BCUT2D eigenvalue weighted by molar-refractivity contribution is 7.15. The molecule has 2 fully saturated rings.